The van der Waals surface area contributed by atoms with Crippen molar-refractivity contribution < 1.29 is 4.42 Å². The van der Waals surface area contributed by atoms with Crippen LogP contribution in [0, 0.1) is 6.92 Å². The van der Waals surface area contributed by atoms with E-state index in [1.807, 2.05) is 30.5 Å². The average molecular weight is 377 g/mol. The molecule has 28 heavy (non-hydrogen) atoms. The van der Waals surface area contributed by atoms with E-state index in [2.05, 4.69) is 34.0 Å². The predicted octanol–water partition coefficient (Wildman–Crippen LogP) is 3.76. The fraction of sp³-hybridized carbons (Fsp3) is 0.409. The number of nitrogens with zero attached hydrogens (tertiary/aromatic N) is 4. The summed E-state index contributed by atoms with van der Waals surface area (Å²) in [5, 5.41) is 3.77. The first-order valence-electron chi connectivity index (χ1n) is 9.94. The van der Waals surface area contributed by atoms with Crippen molar-refractivity contribution in [1.29, 1.82) is 0 Å². The Labute approximate surface area is 166 Å². The van der Waals surface area contributed by atoms with Gasteiger partial charge in [0.15, 0.2) is 5.82 Å². The van der Waals surface area contributed by atoms with Crippen LogP contribution in [0.3, 0.4) is 0 Å². The molecule has 1 N–H and O–H groups in total. The summed E-state index contributed by atoms with van der Waals surface area (Å²) in [5.41, 5.74) is 3.18. The number of aryl methyl sites for hydroxylation is 1. The molecule has 0 saturated carbocycles. The normalized spacial score (nSPS) is 16.9. The quantitative estimate of drug-likeness (QED) is 0.706. The Kier molecular flexibility index (Phi) is 5.78. The Morgan fingerprint density at radius 3 is 2.68 bits per heavy atom. The van der Waals surface area contributed by atoms with E-state index >= 15 is 0 Å². The second-order valence-electron chi connectivity index (χ2n) is 7.49. The van der Waals surface area contributed by atoms with Crippen molar-refractivity contribution in [2.75, 3.05) is 13.1 Å². The molecule has 0 amide bonds. The molecule has 6 nitrogen and oxygen atoms in total. The van der Waals surface area contributed by atoms with Gasteiger partial charge >= 0.3 is 0 Å². The highest BCUT2D eigenvalue weighted by Crippen LogP contribution is 2.22. The summed E-state index contributed by atoms with van der Waals surface area (Å²) in [6.45, 7) is 7.33. The zero-order chi connectivity index (χ0) is 19.3. The molecular weight excluding hydrogens is 350 g/mol. The molecule has 0 aromatic carbocycles. The minimum atomic E-state index is 0.230. The van der Waals surface area contributed by atoms with Crippen LogP contribution in [0.5, 0.6) is 0 Å². The number of furan rings is 1. The zero-order valence-electron chi connectivity index (χ0n) is 16.5. The number of rotatable bonds is 6. The Balaban J connectivity index is 1.33. The smallest absolute Gasteiger partial charge is 0.159 e. The number of aromatic nitrogens is 3. The number of pyridine rings is 1. The highest BCUT2D eigenvalue weighted by atomic mass is 16.3. The molecule has 146 valence electrons. The molecule has 0 bridgehead atoms. The maximum atomic E-state index is 5.47. The number of hydrogen-bond acceptors (Lipinski definition) is 6. The second-order valence-corrected chi connectivity index (χ2v) is 7.49. The fourth-order valence-corrected chi connectivity index (χ4v) is 3.87. The second kappa shape index (κ2) is 8.63. The summed E-state index contributed by atoms with van der Waals surface area (Å²) in [5.74, 6) is 1.80. The molecule has 0 aliphatic carbocycles. The lowest BCUT2D eigenvalue weighted by Crippen LogP contribution is -2.43. The highest BCUT2D eigenvalue weighted by molar-refractivity contribution is 5.53. The molecule has 1 unspecified atom stereocenters. The maximum absolute atomic E-state index is 5.47. The zero-order valence-corrected chi connectivity index (χ0v) is 16.5. The number of hydrogen-bond donors (Lipinski definition) is 1. The van der Waals surface area contributed by atoms with Gasteiger partial charge in [0.05, 0.1) is 12.8 Å². The molecule has 1 saturated heterocycles. The van der Waals surface area contributed by atoms with Crippen LogP contribution in [0.4, 0.5) is 0 Å². The largest absolute Gasteiger partial charge is 0.468 e. The van der Waals surface area contributed by atoms with Crippen LogP contribution in [-0.4, -0.2) is 39.0 Å². The number of piperidine rings is 1. The van der Waals surface area contributed by atoms with E-state index in [9.17, 15) is 0 Å². The Morgan fingerprint density at radius 2 is 2.00 bits per heavy atom. The van der Waals surface area contributed by atoms with E-state index in [1.165, 1.54) is 0 Å². The van der Waals surface area contributed by atoms with Crippen LogP contribution >= 0.6 is 0 Å². The molecule has 1 aliphatic rings. The van der Waals surface area contributed by atoms with E-state index in [0.29, 0.717) is 6.04 Å². The third-order valence-electron chi connectivity index (χ3n) is 5.46. The molecule has 3 aromatic rings. The summed E-state index contributed by atoms with van der Waals surface area (Å²) in [4.78, 5) is 15.8. The van der Waals surface area contributed by atoms with E-state index < -0.39 is 0 Å². The summed E-state index contributed by atoms with van der Waals surface area (Å²) in [6, 6.07) is 8.62. The van der Waals surface area contributed by atoms with Crippen LogP contribution in [0.15, 0.2) is 53.5 Å². The number of nitrogens with one attached hydrogen (secondary N) is 1. The van der Waals surface area contributed by atoms with Gasteiger partial charge in [-0.25, -0.2) is 9.97 Å². The molecular formula is C22H27N5O. The first kappa shape index (κ1) is 18.8. The number of likely N-dealkylation sites (tertiary alicyclic amines) is 1. The summed E-state index contributed by atoms with van der Waals surface area (Å²) < 4.78 is 5.47. The van der Waals surface area contributed by atoms with Gasteiger partial charge in [-0.15, -0.1) is 0 Å². The van der Waals surface area contributed by atoms with Crippen molar-refractivity contribution in [3.8, 4) is 11.4 Å². The van der Waals surface area contributed by atoms with Crippen molar-refractivity contribution in [1.82, 2.24) is 25.2 Å². The summed E-state index contributed by atoms with van der Waals surface area (Å²) in [7, 11) is 0. The minimum absolute atomic E-state index is 0.230. The van der Waals surface area contributed by atoms with Crippen LogP contribution in [0.25, 0.3) is 11.4 Å². The third kappa shape index (κ3) is 4.46. The van der Waals surface area contributed by atoms with Gasteiger partial charge in [0, 0.05) is 60.6 Å². The van der Waals surface area contributed by atoms with E-state index in [-0.39, 0.29) is 6.04 Å². The van der Waals surface area contributed by atoms with Crippen LogP contribution in [0.2, 0.25) is 0 Å². The SMILES string of the molecule is Cc1nc(-c2ccncc2)ncc1C(C)NC1CCN(Cc2ccco2)CC1. The lowest BCUT2D eigenvalue weighted by atomic mass is 10.0. The van der Waals surface area contributed by atoms with Gasteiger partial charge in [0.25, 0.3) is 0 Å². The summed E-state index contributed by atoms with van der Waals surface area (Å²) >= 11 is 0. The predicted molar refractivity (Wildman–Crippen MR) is 109 cm³/mol. The minimum Gasteiger partial charge on any atom is -0.468 e. The molecule has 1 aliphatic heterocycles. The summed E-state index contributed by atoms with van der Waals surface area (Å²) in [6.07, 6.45) is 9.52. The van der Waals surface area contributed by atoms with Gasteiger partial charge < -0.3 is 9.73 Å². The standard InChI is InChI=1S/C22H27N5O/c1-16(21-14-24-22(26-17(21)2)18-5-9-23-10-6-18)25-19-7-11-27(12-8-19)15-20-4-3-13-28-20/h3-6,9-10,13-14,16,19,25H,7-8,11-12,15H2,1-2H3. The van der Waals surface area contributed by atoms with E-state index in [0.717, 1.165) is 60.9 Å². The molecule has 1 fully saturated rings. The van der Waals surface area contributed by atoms with Crippen molar-refractivity contribution in [2.45, 2.75) is 45.3 Å². The Bertz CT molecular complexity index is 873. The Morgan fingerprint density at radius 1 is 1.21 bits per heavy atom. The molecule has 6 heteroatoms. The van der Waals surface area contributed by atoms with Gasteiger partial charge in [-0.3, -0.25) is 9.88 Å². The van der Waals surface area contributed by atoms with E-state index in [1.54, 1.807) is 18.7 Å². The van der Waals surface area contributed by atoms with Crippen molar-refractivity contribution in [3.63, 3.8) is 0 Å². The molecule has 0 spiro atoms. The first-order valence-corrected chi connectivity index (χ1v) is 9.94. The molecule has 3 aromatic heterocycles. The third-order valence-corrected chi connectivity index (χ3v) is 5.46. The first-order chi connectivity index (χ1) is 13.7. The lowest BCUT2D eigenvalue weighted by Gasteiger charge is -2.33. The fourth-order valence-electron chi connectivity index (χ4n) is 3.87. The molecule has 4 heterocycles. The maximum Gasteiger partial charge on any atom is 0.159 e. The van der Waals surface area contributed by atoms with Gasteiger partial charge in [0.2, 0.25) is 0 Å². The van der Waals surface area contributed by atoms with Crippen molar-refractivity contribution in [3.05, 3.63) is 66.1 Å². The average Bonchev–Trinajstić information content (AvgIpc) is 3.23. The van der Waals surface area contributed by atoms with Crippen LogP contribution in [-0.2, 0) is 6.54 Å². The topological polar surface area (TPSA) is 67.1 Å². The monoisotopic (exact) mass is 377 g/mol. The van der Waals surface area contributed by atoms with Crippen LogP contribution in [0.1, 0.15) is 42.8 Å². The lowest BCUT2D eigenvalue weighted by molar-refractivity contribution is 0.174. The van der Waals surface area contributed by atoms with Gasteiger partial charge in [-0.2, -0.15) is 0 Å². The molecule has 1 atom stereocenters. The van der Waals surface area contributed by atoms with E-state index in [4.69, 9.17) is 9.40 Å². The van der Waals surface area contributed by atoms with Crippen molar-refractivity contribution >= 4 is 0 Å². The molecule has 0 radical (unpaired) electrons. The van der Waals surface area contributed by atoms with Gasteiger partial charge in [-0.1, -0.05) is 0 Å². The molecule has 4 rings (SSSR count). The van der Waals surface area contributed by atoms with Gasteiger partial charge in [-0.05, 0) is 51.0 Å². The van der Waals surface area contributed by atoms with Crippen molar-refractivity contribution in [2.24, 2.45) is 0 Å². The van der Waals surface area contributed by atoms with Crippen LogP contribution < -0.4 is 5.32 Å². The Hall–Kier alpha value is -2.57. The highest BCUT2D eigenvalue weighted by Gasteiger charge is 2.22. The van der Waals surface area contributed by atoms with Gasteiger partial charge in [0.1, 0.15) is 5.76 Å².